The van der Waals surface area contributed by atoms with Gasteiger partial charge in [-0.15, -0.1) is 0 Å². The zero-order valence-electron chi connectivity index (χ0n) is 6.63. The second-order valence-electron chi connectivity index (χ2n) is 2.08. The van der Waals surface area contributed by atoms with E-state index in [0.29, 0.717) is 6.61 Å². The quantitative estimate of drug-likeness (QED) is 0.480. The van der Waals surface area contributed by atoms with E-state index in [1.165, 1.54) is 6.92 Å². The van der Waals surface area contributed by atoms with Crippen LogP contribution in [0.5, 0.6) is 0 Å². The highest BCUT2D eigenvalue weighted by Crippen LogP contribution is 2.02. The van der Waals surface area contributed by atoms with Gasteiger partial charge in [0.15, 0.2) is 0 Å². The molecule has 0 fully saturated rings. The molecule has 0 radical (unpaired) electrons. The molecule has 0 atom stereocenters. The van der Waals surface area contributed by atoms with Gasteiger partial charge in [-0.3, -0.25) is 0 Å². The third-order valence-electron chi connectivity index (χ3n) is 1.08. The predicted molar refractivity (Wildman–Crippen MR) is 39.2 cm³/mol. The predicted octanol–water partition coefficient (Wildman–Crippen LogP) is 1.29. The molecule has 0 unspecified atom stereocenters. The van der Waals surface area contributed by atoms with Crippen molar-refractivity contribution in [2.45, 2.75) is 20.3 Å². The third-order valence-corrected chi connectivity index (χ3v) is 1.08. The first-order chi connectivity index (χ1) is 5.09. The number of aliphatic hydroxyl groups is 1. The van der Waals surface area contributed by atoms with Crippen molar-refractivity contribution in [3.63, 3.8) is 0 Å². The summed E-state index contributed by atoms with van der Waals surface area (Å²) in [5.41, 5.74) is -0.168. The van der Waals surface area contributed by atoms with Gasteiger partial charge >= 0.3 is 5.97 Å². The smallest absolute Gasteiger partial charge is 0.338 e. The van der Waals surface area contributed by atoms with E-state index >= 15 is 0 Å². The number of hydrogen-bond donors (Lipinski definition) is 2. The van der Waals surface area contributed by atoms with Crippen molar-refractivity contribution in [2.75, 3.05) is 6.61 Å². The van der Waals surface area contributed by atoms with E-state index in [0.717, 1.165) is 6.42 Å². The maximum Gasteiger partial charge on any atom is 0.338 e. The normalized spacial score (nSPS) is 12.2. The Hall–Kier alpha value is -1.19. The van der Waals surface area contributed by atoms with Gasteiger partial charge in [-0.05, 0) is 13.3 Å². The Labute approximate surface area is 65.1 Å². The van der Waals surface area contributed by atoms with Gasteiger partial charge in [-0.1, -0.05) is 6.92 Å². The van der Waals surface area contributed by atoms with Gasteiger partial charge in [0.05, 0.1) is 6.61 Å². The molecule has 0 aliphatic rings. The Balaban J connectivity index is 4.05. The molecule has 0 aliphatic heterocycles. The topological polar surface area (TPSA) is 66.8 Å². The Morgan fingerprint density at radius 1 is 1.45 bits per heavy atom. The first kappa shape index (κ1) is 9.81. The molecule has 0 saturated carbocycles. The summed E-state index contributed by atoms with van der Waals surface area (Å²) in [5.74, 6) is -1.67. The molecular weight excluding hydrogens is 148 g/mol. The Morgan fingerprint density at radius 3 is 2.36 bits per heavy atom. The van der Waals surface area contributed by atoms with E-state index in [1.807, 2.05) is 6.92 Å². The SMILES string of the molecule is CCCOC(O)=C(C)C(=O)O. The number of aliphatic hydroxyl groups excluding tert-OH is 1. The van der Waals surface area contributed by atoms with E-state index in [1.54, 1.807) is 0 Å². The first-order valence-electron chi connectivity index (χ1n) is 3.35. The van der Waals surface area contributed by atoms with Gasteiger partial charge in [0.1, 0.15) is 5.57 Å². The molecule has 0 heterocycles. The van der Waals surface area contributed by atoms with Crippen LogP contribution in [-0.4, -0.2) is 22.8 Å². The summed E-state index contributed by atoms with van der Waals surface area (Å²) in [6.45, 7) is 3.48. The van der Waals surface area contributed by atoms with Gasteiger partial charge in [0.25, 0.3) is 5.95 Å². The van der Waals surface area contributed by atoms with Gasteiger partial charge in [-0.25, -0.2) is 4.79 Å². The van der Waals surface area contributed by atoms with E-state index in [4.69, 9.17) is 10.2 Å². The molecule has 0 spiro atoms. The van der Waals surface area contributed by atoms with Crippen molar-refractivity contribution in [3.8, 4) is 0 Å². The minimum Gasteiger partial charge on any atom is -0.481 e. The van der Waals surface area contributed by atoms with Crippen LogP contribution in [0.25, 0.3) is 0 Å². The second kappa shape index (κ2) is 4.60. The largest absolute Gasteiger partial charge is 0.481 e. The minimum atomic E-state index is -1.17. The third kappa shape index (κ3) is 3.50. The highest BCUT2D eigenvalue weighted by Gasteiger charge is 2.08. The molecule has 0 aromatic heterocycles. The molecule has 0 saturated heterocycles. The lowest BCUT2D eigenvalue weighted by Gasteiger charge is -2.03. The number of aliphatic carboxylic acids is 1. The highest BCUT2D eigenvalue weighted by molar-refractivity contribution is 5.85. The van der Waals surface area contributed by atoms with Gasteiger partial charge in [0, 0.05) is 0 Å². The van der Waals surface area contributed by atoms with Crippen LogP contribution in [0.3, 0.4) is 0 Å². The van der Waals surface area contributed by atoms with Crippen LogP contribution in [-0.2, 0) is 9.53 Å². The van der Waals surface area contributed by atoms with E-state index in [2.05, 4.69) is 4.74 Å². The fraction of sp³-hybridized carbons (Fsp3) is 0.571. The van der Waals surface area contributed by atoms with Crippen molar-refractivity contribution in [3.05, 3.63) is 11.5 Å². The fourth-order valence-electron chi connectivity index (χ4n) is 0.398. The summed E-state index contributed by atoms with van der Waals surface area (Å²) in [4.78, 5) is 10.2. The molecule has 0 bridgehead atoms. The van der Waals surface area contributed by atoms with Crippen LogP contribution < -0.4 is 0 Å². The number of hydrogen-bond acceptors (Lipinski definition) is 3. The molecule has 64 valence electrons. The van der Waals surface area contributed by atoms with E-state index < -0.39 is 11.9 Å². The number of carbonyl (C=O) groups is 1. The number of carboxylic acids is 1. The van der Waals surface area contributed by atoms with Crippen molar-refractivity contribution in [1.82, 2.24) is 0 Å². The lowest BCUT2D eigenvalue weighted by Crippen LogP contribution is -2.04. The number of rotatable bonds is 4. The summed E-state index contributed by atoms with van der Waals surface area (Å²) in [7, 11) is 0. The van der Waals surface area contributed by atoms with Gasteiger partial charge in [0.2, 0.25) is 0 Å². The second-order valence-corrected chi connectivity index (χ2v) is 2.08. The van der Waals surface area contributed by atoms with E-state index in [-0.39, 0.29) is 5.57 Å². The Bertz CT molecular complexity index is 171. The highest BCUT2D eigenvalue weighted by atomic mass is 16.6. The summed E-state index contributed by atoms with van der Waals surface area (Å²) in [6.07, 6.45) is 0.733. The van der Waals surface area contributed by atoms with Crippen LogP contribution in [0, 0.1) is 0 Å². The lowest BCUT2D eigenvalue weighted by atomic mass is 10.3. The molecule has 4 nitrogen and oxygen atoms in total. The Kier molecular flexibility index (Phi) is 4.10. The minimum absolute atomic E-state index is 0.168. The van der Waals surface area contributed by atoms with Crippen molar-refractivity contribution in [2.24, 2.45) is 0 Å². The lowest BCUT2D eigenvalue weighted by molar-refractivity contribution is -0.133. The van der Waals surface area contributed by atoms with Crippen LogP contribution in [0.15, 0.2) is 11.5 Å². The summed E-state index contributed by atoms with van der Waals surface area (Å²) in [6, 6.07) is 0. The first-order valence-corrected chi connectivity index (χ1v) is 3.35. The average molecular weight is 160 g/mol. The molecule has 11 heavy (non-hydrogen) atoms. The van der Waals surface area contributed by atoms with E-state index in [9.17, 15) is 4.79 Å². The molecular formula is C7H12O4. The van der Waals surface area contributed by atoms with Crippen molar-refractivity contribution in [1.29, 1.82) is 0 Å². The van der Waals surface area contributed by atoms with Gasteiger partial charge in [-0.2, -0.15) is 0 Å². The monoisotopic (exact) mass is 160 g/mol. The molecule has 4 heteroatoms. The van der Waals surface area contributed by atoms with Gasteiger partial charge < -0.3 is 14.9 Å². The zero-order chi connectivity index (χ0) is 8.85. The summed E-state index contributed by atoms with van der Waals surface area (Å²) < 4.78 is 4.67. The number of carboxylic acid groups (broad SMARTS) is 1. The molecule has 0 aliphatic carbocycles. The maximum absolute atomic E-state index is 10.2. The molecule has 0 amide bonds. The molecule has 0 aromatic rings. The zero-order valence-corrected chi connectivity index (χ0v) is 6.63. The summed E-state index contributed by atoms with van der Waals surface area (Å²) >= 11 is 0. The molecule has 0 rings (SSSR count). The standard InChI is InChI=1S/C7H12O4/c1-3-4-11-7(10)5(2)6(8)9/h10H,3-4H2,1-2H3,(H,8,9). The maximum atomic E-state index is 10.2. The van der Waals surface area contributed by atoms with Crippen molar-refractivity contribution >= 4 is 5.97 Å². The van der Waals surface area contributed by atoms with Crippen LogP contribution in [0.1, 0.15) is 20.3 Å². The van der Waals surface area contributed by atoms with Crippen LogP contribution in [0.4, 0.5) is 0 Å². The Morgan fingerprint density at radius 2 is 2.00 bits per heavy atom. The van der Waals surface area contributed by atoms with Crippen LogP contribution >= 0.6 is 0 Å². The van der Waals surface area contributed by atoms with Crippen LogP contribution in [0.2, 0.25) is 0 Å². The fourth-order valence-corrected chi connectivity index (χ4v) is 0.398. The molecule has 2 N–H and O–H groups in total. The average Bonchev–Trinajstić information content (AvgIpc) is 1.98. The molecule has 0 aromatic carbocycles. The summed E-state index contributed by atoms with van der Waals surface area (Å²) in [5, 5.41) is 17.2. The van der Waals surface area contributed by atoms with Crippen molar-refractivity contribution < 1.29 is 19.7 Å². The number of ether oxygens (including phenoxy) is 1.